The van der Waals surface area contributed by atoms with Gasteiger partial charge in [-0.3, -0.25) is 0 Å². The van der Waals surface area contributed by atoms with Crippen molar-refractivity contribution in [1.82, 2.24) is 10.2 Å². The number of hydrogen-bond acceptors (Lipinski definition) is 4. The summed E-state index contributed by atoms with van der Waals surface area (Å²) < 4.78 is 21.7. The molecule has 0 aromatic heterocycles. The zero-order valence-corrected chi connectivity index (χ0v) is 9.67. The predicted molar refractivity (Wildman–Crippen MR) is 59.0 cm³/mol. The number of nitrogens with zero attached hydrogens (tertiary/aromatic N) is 1. The highest BCUT2D eigenvalue weighted by atomic mass is 32.2. The number of rotatable bonds is 3. The number of sulfonamides is 1. The van der Waals surface area contributed by atoms with Crippen LogP contribution in [0.2, 0.25) is 0 Å². The minimum atomic E-state index is -3.31. The molecule has 0 spiro atoms. The van der Waals surface area contributed by atoms with Crippen LogP contribution in [-0.4, -0.2) is 50.8 Å². The molecule has 2 bridgehead atoms. The lowest BCUT2D eigenvalue weighted by Crippen LogP contribution is -2.38. The molecule has 15 heavy (non-hydrogen) atoms. The second-order valence-corrected chi connectivity index (χ2v) is 6.33. The third kappa shape index (κ3) is 3.41. The number of hydrogen-bond donors (Lipinski definition) is 2. The molecule has 2 fully saturated rings. The summed E-state index contributed by atoms with van der Waals surface area (Å²) in [6.07, 6.45) is 3.62. The molecule has 2 saturated heterocycles. The van der Waals surface area contributed by atoms with Gasteiger partial charge >= 0.3 is 0 Å². The molecule has 2 heterocycles. The molecule has 0 aliphatic carbocycles. The molecule has 2 rings (SSSR count). The van der Waals surface area contributed by atoms with E-state index in [1.807, 2.05) is 0 Å². The SMILES string of the molecule is NS(=O)(=O)CCN1CCC2CCC(C1)N2. The van der Waals surface area contributed by atoms with Crippen molar-refractivity contribution >= 4 is 10.0 Å². The normalized spacial score (nSPS) is 32.9. The van der Waals surface area contributed by atoms with E-state index in [1.165, 1.54) is 12.8 Å². The predicted octanol–water partition coefficient (Wildman–Crippen LogP) is -0.899. The standard InChI is InChI=1S/C9H19N3O2S/c10-15(13,14)6-5-12-4-3-8-1-2-9(7-12)11-8/h8-9,11H,1-7H2,(H2,10,13,14). The molecule has 0 aromatic carbocycles. The number of primary sulfonamides is 1. The highest BCUT2D eigenvalue weighted by molar-refractivity contribution is 7.89. The highest BCUT2D eigenvalue weighted by Crippen LogP contribution is 2.19. The maximum Gasteiger partial charge on any atom is 0.210 e. The van der Waals surface area contributed by atoms with Gasteiger partial charge < -0.3 is 10.2 Å². The topological polar surface area (TPSA) is 75.4 Å². The Morgan fingerprint density at radius 1 is 1.27 bits per heavy atom. The molecule has 0 amide bonds. The average Bonchev–Trinajstić information content (AvgIpc) is 2.43. The van der Waals surface area contributed by atoms with Gasteiger partial charge in [0.15, 0.2) is 0 Å². The lowest BCUT2D eigenvalue weighted by Gasteiger charge is -2.23. The molecule has 88 valence electrons. The molecule has 2 aliphatic heterocycles. The third-order valence-corrected chi connectivity index (χ3v) is 4.05. The second-order valence-electron chi connectivity index (χ2n) is 4.59. The lowest BCUT2D eigenvalue weighted by molar-refractivity contribution is 0.273. The summed E-state index contributed by atoms with van der Waals surface area (Å²) in [7, 11) is -3.31. The van der Waals surface area contributed by atoms with E-state index in [0.29, 0.717) is 18.6 Å². The Morgan fingerprint density at radius 3 is 2.73 bits per heavy atom. The van der Waals surface area contributed by atoms with Gasteiger partial charge in [0.1, 0.15) is 0 Å². The van der Waals surface area contributed by atoms with Crippen LogP contribution in [0.25, 0.3) is 0 Å². The molecular weight excluding hydrogens is 214 g/mol. The van der Waals surface area contributed by atoms with Gasteiger partial charge in [0, 0.05) is 25.2 Å². The first-order chi connectivity index (χ1) is 7.03. The third-order valence-electron chi connectivity index (χ3n) is 3.30. The number of nitrogens with one attached hydrogen (secondary N) is 1. The maximum atomic E-state index is 10.9. The van der Waals surface area contributed by atoms with Crippen LogP contribution in [0.15, 0.2) is 0 Å². The van der Waals surface area contributed by atoms with Crippen LogP contribution in [-0.2, 0) is 10.0 Å². The molecule has 5 nitrogen and oxygen atoms in total. The van der Waals surface area contributed by atoms with Gasteiger partial charge in [-0.05, 0) is 25.8 Å². The molecule has 2 atom stereocenters. The molecule has 0 aromatic rings. The van der Waals surface area contributed by atoms with Crippen LogP contribution in [0.1, 0.15) is 19.3 Å². The number of nitrogens with two attached hydrogens (primary N) is 1. The van der Waals surface area contributed by atoms with Gasteiger partial charge in [0.05, 0.1) is 5.75 Å². The van der Waals surface area contributed by atoms with Crippen molar-refractivity contribution in [2.75, 3.05) is 25.4 Å². The molecule has 2 aliphatic rings. The molecule has 0 saturated carbocycles. The lowest BCUT2D eigenvalue weighted by atomic mass is 10.1. The van der Waals surface area contributed by atoms with E-state index in [1.54, 1.807) is 0 Å². The van der Waals surface area contributed by atoms with Crippen LogP contribution in [0.4, 0.5) is 0 Å². The average molecular weight is 233 g/mol. The van der Waals surface area contributed by atoms with Crippen molar-refractivity contribution in [3.63, 3.8) is 0 Å². The Kier molecular flexibility index (Phi) is 3.30. The minimum absolute atomic E-state index is 0.0738. The first kappa shape index (κ1) is 11.3. The maximum absolute atomic E-state index is 10.9. The monoisotopic (exact) mass is 233 g/mol. The zero-order valence-electron chi connectivity index (χ0n) is 8.85. The summed E-state index contributed by atoms with van der Waals surface area (Å²) in [5.41, 5.74) is 0. The van der Waals surface area contributed by atoms with E-state index in [-0.39, 0.29) is 5.75 Å². The first-order valence-corrected chi connectivity index (χ1v) is 7.23. The fraction of sp³-hybridized carbons (Fsp3) is 1.00. The van der Waals surface area contributed by atoms with Gasteiger partial charge in [-0.15, -0.1) is 0 Å². The Bertz CT molecular complexity index is 317. The van der Waals surface area contributed by atoms with E-state index in [0.717, 1.165) is 19.5 Å². The van der Waals surface area contributed by atoms with Crippen LogP contribution in [0.3, 0.4) is 0 Å². The van der Waals surface area contributed by atoms with E-state index >= 15 is 0 Å². The Labute approximate surface area is 91.1 Å². The quantitative estimate of drug-likeness (QED) is 0.662. The largest absolute Gasteiger partial charge is 0.310 e. The van der Waals surface area contributed by atoms with E-state index < -0.39 is 10.0 Å². The van der Waals surface area contributed by atoms with Gasteiger partial charge in [-0.2, -0.15) is 0 Å². The fourth-order valence-electron chi connectivity index (χ4n) is 2.47. The summed E-state index contributed by atoms with van der Waals surface area (Å²) in [6, 6.07) is 1.20. The Morgan fingerprint density at radius 2 is 2.00 bits per heavy atom. The van der Waals surface area contributed by atoms with Gasteiger partial charge in [-0.1, -0.05) is 0 Å². The summed E-state index contributed by atoms with van der Waals surface area (Å²) >= 11 is 0. The van der Waals surface area contributed by atoms with Crippen LogP contribution in [0, 0.1) is 0 Å². The van der Waals surface area contributed by atoms with Crippen LogP contribution < -0.4 is 10.5 Å². The minimum Gasteiger partial charge on any atom is -0.310 e. The fourth-order valence-corrected chi connectivity index (χ4v) is 2.99. The van der Waals surface area contributed by atoms with Crippen molar-refractivity contribution in [2.45, 2.75) is 31.3 Å². The van der Waals surface area contributed by atoms with Crippen LogP contribution in [0.5, 0.6) is 0 Å². The summed E-state index contributed by atoms with van der Waals surface area (Å²) in [5, 5.41) is 8.56. The molecule has 6 heteroatoms. The number of fused-ring (bicyclic) bond motifs is 2. The molecule has 0 radical (unpaired) electrons. The zero-order chi connectivity index (χ0) is 10.9. The smallest absolute Gasteiger partial charge is 0.210 e. The number of likely N-dealkylation sites (tertiary alicyclic amines) is 1. The summed E-state index contributed by atoms with van der Waals surface area (Å²) in [5.74, 6) is 0.0738. The van der Waals surface area contributed by atoms with Crippen molar-refractivity contribution in [3.05, 3.63) is 0 Å². The van der Waals surface area contributed by atoms with Crippen molar-refractivity contribution < 1.29 is 8.42 Å². The van der Waals surface area contributed by atoms with E-state index in [9.17, 15) is 8.42 Å². The van der Waals surface area contributed by atoms with Gasteiger partial charge in [-0.25, -0.2) is 13.6 Å². The highest BCUT2D eigenvalue weighted by Gasteiger charge is 2.29. The van der Waals surface area contributed by atoms with Crippen molar-refractivity contribution in [1.29, 1.82) is 0 Å². The van der Waals surface area contributed by atoms with Gasteiger partial charge in [0.25, 0.3) is 0 Å². The summed E-state index contributed by atoms with van der Waals surface area (Å²) in [6.45, 7) is 2.53. The van der Waals surface area contributed by atoms with Crippen molar-refractivity contribution in [3.8, 4) is 0 Å². The Balaban J connectivity index is 1.83. The molecule has 2 unspecified atom stereocenters. The van der Waals surface area contributed by atoms with E-state index in [2.05, 4.69) is 10.2 Å². The summed E-state index contributed by atoms with van der Waals surface area (Å²) in [4.78, 5) is 2.21. The molecular formula is C9H19N3O2S. The van der Waals surface area contributed by atoms with Gasteiger partial charge in [0.2, 0.25) is 10.0 Å². The van der Waals surface area contributed by atoms with E-state index in [4.69, 9.17) is 5.14 Å². The molecule has 3 N–H and O–H groups in total. The second kappa shape index (κ2) is 4.37. The first-order valence-electron chi connectivity index (χ1n) is 5.52. The van der Waals surface area contributed by atoms with Crippen LogP contribution >= 0.6 is 0 Å². The van der Waals surface area contributed by atoms with Crippen molar-refractivity contribution in [2.24, 2.45) is 5.14 Å². The Hall–Kier alpha value is -0.170.